The fourth-order valence-corrected chi connectivity index (χ4v) is 8.37. The number of sulfonamides is 2. The van der Waals surface area contributed by atoms with Crippen LogP contribution >= 0.6 is 0 Å². The molecule has 0 spiro atoms. The summed E-state index contributed by atoms with van der Waals surface area (Å²) in [6, 6.07) is 16.3. The lowest BCUT2D eigenvalue weighted by Crippen LogP contribution is -2.18. The Labute approximate surface area is 334 Å². The van der Waals surface area contributed by atoms with Gasteiger partial charge in [-0.15, -0.1) is 20.5 Å². The molecule has 0 saturated heterocycles. The SMILES string of the molecule is CNS(=O)(=O)c1ccc(O)c(N=Nc2c(S(=O)(=O)O)cc3cc(Nc4ccc5c(O)c(N=Nc6cc(S(=O)(=O)NC)ccc6O)c(S(=O)(=O)O)cc5c4)ccc3c2O)c1. The van der Waals surface area contributed by atoms with Crippen LogP contribution in [0.4, 0.5) is 34.1 Å². The van der Waals surface area contributed by atoms with E-state index in [2.05, 4.69) is 35.2 Å². The standard InChI is InChI=1S/C34H29N7O14S4/c1-35-56(46,47)21-5-9-27(42)25(15-21)38-40-31-29(58(50,51)52)13-17-11-19(3-7-23(17)33(31)44)37-20-4-8-24-18(12-20)14-30(59(53,54)55)32(34(24)45)41-39-26-16-22(6-10-28(26)43)57(48,49)36-2/h3-16,35-37,42-45H,1-2H3,(H,50,51,52)(H,53,54,55). The smallest absolute Gasteiger partial charge is 0.296 e. The Morgan fingerprint density at radius 2 is 0.847 bits per heavy atom. The molecule has 0 unspecified atom stereocenters. The van der Waals surface area contributed by atoms with Gasteiger partial charge in [-0.1, -0.05) is 0 Å². The lowest BCUT2D eigenvalue weighted by molar-refractivity contribution is 0.471. The molecule has 0 fully saturated rings. The van der Waals surface area contributed by atoms with Gasteiger partial charge in [-0.3, -0.25) is 9.11 Å². The third-order valence-corrected chi connectivity index (χ3v) is 13.1. The molecule has 0 amide bonds. The van der Waals surface area contributed by atoms with Crippen LogP contribution in [0.5, 0.6) is 23.0 Å². The van der Waals surface area contributed by atoms with Gasteiger partial charge in [-0.25, -0.2) is 26.3 Å². The molecule has 6 aromatic rings. The number of hydrogen-bond acceptors (Lipinski definition) is 17. The molecule has 0 aliphatic rings. The van der Waals surface area contributed by atoms with Crippen LogP contribution in [0.3, 0.4) is 0 Å². The maximum absolute atomic E-state index is 12.5. The number of azo groups is 2. The molecule has 0 radical (unpaired) electrons. The van der Waals surface area contributed by atoms with E-state index in [1.54, 1.807) is 0 Å². The number of benzene rings is 6. The van der Waals surface area contributed by atoms with Gasteiger partial charge in [0.25, 0.3) is 20.2 Å². The van der Waals surface area contributed by atoms with Gasteiger partial charge in [0.15, 0.2) is 11.5 Å². The number of nitrogens with one attached hydrogen (secondary N) is 3. The molecule has 0 atom stereocenters. The van der Waals surface area contributed by atoms with Gasteiger partial charge >= 0.3 is 0 Å². The first kappa shape index (κ1) is 42.3. The molecule has 6 aromatic carbocycles. The van der Waals surface area contributed by atoms with E-state index < -0.39 is 95.8 Å². The molecule has 0 heterocycles. The van der Waals surface area contributed by atoms with Crippen LogP contribution in [0, 0.1) is 0 Å². The number of anilines is 2. The summed E-state index contributed by atoms with van der Waals surface area (Å²) >= 11 is 0. The topological polar surface area (TPSA) is 343 Å². The molecule has 6 rings (SSSR count). The monoisotopic (exact) mass is 887 g/mol. The highest BCUT2D eigenvalue weighted by molar-refractivity contribution is 7.89. The molecule has 0 saturated carbocycles. The first-order valence-electron chi connectivity index (χ1n) is 16.2. The molecule has 0 aromatic heterocycles. The number of phenols is 4. The largest absolute Gasteiger partial charge is 0.506 e. The first-order chi connectivity index (χ1) is 27.5. The van der Waals surface area contributed by atoms with Gasteiger partial charge in [0.2, 0.25) is 20.0 Å². The molecule has 9 N–H and O–H groups in total. The number of nitrogens with zero attached hydrogens (tertiary/aromatic N) is 4. The van der Waals surface area contributed by atoms with Gasteiger partial charge in [0.05, 0.1) is 9.79 Å². The van der Waals surface area contributed by atoms with Crippen molar-refractivity contribution in [3.8, 4) is 23.0 Å². The van der Waals surface area contributed by atoms with Gasteiger partial charge in [0.1, 0.15) is 44.0 Å². The Bertz CT molecular complexity index is 3030. The van der Waals surface area contributed by atoms with Crippen molar-refractivity contribution in [2.75, 3.05) is 19.4 Å². The molecule has 21 nitrogen and oxygen atoms in total. The second-order valence-corrected chi connectivity index (χ2v) is 18.8. The fraction of sp³-hybridized carbons (Fsp3) is 0.0588. The van der Waals surface area contributed by atoms with E-state index in [0.717, 1.165) is 62.6 Å². The minimum Gasteiger partial charge on any atom is -0.506 e. The fourth-order valence-electron chi connectivity index (χ4n) is 5.56. The molecule has 59 heavy (non-hydrogen) atoms. The Kier molecular flexibility index (Phi) is 11.1. The number of phenolic OH excluding ortho intramolecular Hbond substituents is 4. The minimum absolute atomic E-state index is 0.0132. The molecule has 0 aliphatic heterocycles. The Morgan fingerprint density at radius 3 is 1.19 bits per heavy atom. The summed E-state index contributed by atoms with van der Waals surface area (Å²) in [4.78, 5) is -2.44. The highest BCUT2D eigenvalue weighted by atomic mass is 32.2. The molecule has 25 heteroatoms. The molecule has 0 bridgehead atoms. The average Bonchev–Trinajstić information content (AvgIpc) is 3.17. The zero-order chi connectivity index (χ0) is 43.2. The Hall–Kier alpha value is -6.32. The molecular formula is C34H29N7O14S4. The summed E-state index contributed by atoms with van der Waals surface area (Å²) in [5.41, 5.74) is -1.80. The van der Waals surface area contributed by atoms with E-state index in [0.29, 0.717) is 0 Å². The quantitative estimate of drug-likeness (QED) is 0.0526. The second kappa shape index (κ2) is 15.5. The van der Waals surface area contributed by atoms with E-state index in [9.17, 15) is 63.2 Å². The van der Waals surface area contributed by atoms with Crippen molar-refractivity contribution in [3.63, 3.8) is 0 Å². The van der Waals surface area contributed by atoms with Gasteiger partial charge in [-0.05, 0) is 110 Å². The first-order valence-corrected chi connectivity index (χ1v) is 22.1. The van der Waals surface area contributed by atoms with Gasteiger partial charge < -0.3 is 25.7 Å². The lowest BCUT2D eigenvalue weighted by atomic mass is 10.1. The van der Waals surface area contributed by atoms with Gasteiger partial charge in [-0.2, -0.15) is 16.8 Å². The minimum atomic E-state index is -5.10. The Morgan fingerprint density at radius 1 is 0.475 bits per heavy atom. The lowest BCUT2D eigenvalue weighted by Gasteiger charge is -2.13. The highest BCUT2D eigenvalue weighted by Crippen LogP contribution is 2.45. The molecule has 0 aliphatic carbocycles. The number of aromatic hydroxyl groups is 4. The average molecular weight is 888 g/mol. The summed E-state index contributed by atoms with van der Waals surface area (Å²) < 4.78 is 123. The van der Waals surface area contributed by atoms with Crippen molar-refractivity contribution >= 4 is 96.0 Å². The van der Waals surface area contributed by atoms with Crippen LogP contribution in [0.25, 0.3) is 21.5 Å². The van der Waals surface area contributed by atoms with Crippen molar-refractivity contribution < 1.29 is 63.2 Å². The van der Waals surface area contributed by atoms with Crippen LogP contribution in [-0.2, 0) is 40.3 Å². The van der Waals surface area contributed by atoms with Crippen LogP contribution in [0.2, 0.25) is 0 Å². The third-order valence-electron chi connectivity index (χ3n) is 8.51. The van der Waals surface area contributed by atoms with E-state index in [4.69, 9.17) is 0 Å². The van der Waals surface area contributed by atoms with Crippen LogP contribution in [0.15, 0.2) is 125 Å². The summed E-state index contributed by atoms with van der Waals surface area (Å²) in [5, 5.41) is 60.7. The summed E-state index contributed by atoms with van der Waals surface area (Å²) in [5.74, 6) is -2.60. The predicted octanol–water partition coefficient (Wildman–Crippen LogP) is 5.70. The zero-order valence-electron chi connectivity index (χ0n) is 30.0. The normalized spacial score (nSPS) is 12.9. The maximum atomic E-state index is 12.5. The summed E-state index contributed by atoms with van der Waals surface area (Å²) in [7, 11) is -15.9. The van der Waals surface area contributed by atoms with Crippen molar-refractivity contribution in [2.45, 2.75) is 19.6 Å². The Balaban J connectivity index is 1.37. The molecule has 308 valence electrons. The summed E-state index contributed by atoms with van der Waals surface area (Å²) in [6.45, 7) is 0. The number of hydrogen-bond donors (Lipinski definition) is 9. The van der Waals surface area contributed by atoms with Crippen LogP contribution < -0.4 is 14.8 Å². The number of fused-ring (bicyclic) bond motifs is 2. The number of rotatable bonds is 12. The van der Waals surface area contributed by atoms with Crippen molar-refractivity contribution in [2.24, 2.45) is 20.5 Å². The zero-order valence-corrected chi connectivity index (χ0v) is 33.2. The van der Waals surface area contributed by atoms with Crippen LogP contribution in [-0.4, -0.2) is 77.3 Å². The molecular weight excluding hydrogens is 859 g/mol. The summed E-state index contributed by atoms with van der Waals surface area (Å²) in [6.07, 6.45) is 0. The highest BCUT2D eigenvalue weighted by Gasteiger charge is 2.25. The van der Waals surface area contributed by atoms with Gasteiger partial charge in [0, 0.05) is 22.1 Å². The van der Waals surface area contributed by atoms with Crippen LogP contribution in [0.1, 0.15) is 0 Å². The van der Waals surface area contributed by atoms with Crippen molar-refractivity contribution in [1.82, 2.24) is 9.44 Å². The van der Waals surface area contributed by atoms with E-state index in [-0.39, 0.29) is 42.7 Å². The van der Waals surface area contributed by atoms with E-state index in [1.165, 1.54) is 36.4 Å². The van der Waals surface area contributed by atoms with E-state index in [1.807, 2.05) is 0 Å². The maximum Gasteiger partial charge on any atom is 0.296 e. The second-order valence-electron chi connectivity index (χ2n) is 12.2. The third kappa shape index (κ3) is 8.61. The van der Waals surface area contributed by atoms with E-state index >= 15 is 0 Å². The van der Waals surface area contributed by atoms with Crippen molar-refractivity contribution in [3.05, 3.63) is 84.9 Å². The van der Waals surface area contributed by atoms with Crippen molar-refractivity contribution in [1.29, 1.82) is 0 Å². The predicted molar refractivity (Wildman–Crippen MR) is 211 cm³/mol.